The molecule has 0 aliphatic heterocycles. The highest BCUT2D eigenvalue weighted by atomic mass is 16.5. The van der Waals surface area contributed by atoms with Gasteiger partial charge in [0, 0.05) is 12.6 Å². The van der Waals surface area contributed by atoms with E-state index in [0.29, 0.717) is 6.04 Å². The van der Waals surface area contributed by atoms with Crippen LogP contribution in [0.1, 0.15) is 31.9 Å². The molecule has 1 aliphatic rings. The normalized spacial score (nSPS) is 16.2. The SMILES string of the molecule is CC(C)(C)OCCNC1Cc2ccccc2C1. The third-order valence-corrected chi connectivity index (χ3v) is 3.12. The molecule has 2 rings (SSSR count). The molecule has 1 aromatic carbocycles. The molecule has 94 valence electrons. The monoisotopic (exact) mass is 233 g/mol. The maximum Gasteiger partial charge on any atom is 0.0599 e. The summed E-state index contributed by atoms with van der Waals surface area (Å²) >= 11 is 0. The second-order valence-corrected chi connectivity index (χ2v) is 5.79. The van der Waals surface area contributed by atoms with Crippen molar-refractivity contribution in [2.45, 2.75) is 45.3 Å². The number of benzene rings is 1. The van der Waals surface area contributed by atoms with Crippen LogP contribution in [0.3, 0.4) is 0 Å². The van der Waals surface area contributed by atoms with Crippen molar-refractivity contribution in [3.63, 3.8) is 0 Å². The Kier molecular flexibility index (Phi) is 3.85. The van der Waals surface area contributed by atoms with Gasteiger partial charge in [-0.25, -0.2) is 0 Å². The van der Waals surface area contributed by atoms with Crippen molar-refractivity contribution >= 4 is 0 Å². The van der Waals surface area contributed by atoms with Gasteiger partial charge in [-0.2, -0.15) is 0 Å². The molecule has 2 heteroatoms. The molecule has 0 saturated heterocycles. The number of hydrogen-bond donors (Lipinski definition) is 1. The first-order valence-electron chi connectivity index (χ1n) is 6.49. The molecule has 1 N–H and O–H groups in total. The molecule has 0 bridgehead atoms. The molecule has 0 spiro atoms. The first-order chi connectivity index (χ1) is 8.04. The van der Waals surface area contributed by atoms with E-state index in [2.05, 4.69) is 50.4 Å². The third-order valence-electron chi connectivity index (χ3n) is 3.12. The van der Waals surface area contributed by atoms with Crippen LogP contribution >= 0.6 is 0 Å². The van der Waals surface area contributed by atoms with E-state index in [1.165, 1.54) is 11.1 Å². The Hall–Kier alpha value is -0.860. The third kappa shape index (κ3) is 3.83. The van der Waals surface area contributed by atoms with Gasteiger partial charge in [-0.05, 0) is 44.7 Å². The fourth-order valence-corrected chi connectivity index (χ4v) is 2.32. The van der Waals surface area contributed by atoms with Crippen molar-refractivity contribution in [1.82, 2.24) is 5.32 Å². The van der Waals surface area contributed by atoms with E-state index in [9.17, 15) is 0 Å². The molecule has 0 unspecified atom stereocenters. The summed E-state index contributed by atoms with van der Waals surface area (Å²) < 4.78 is 5.70. The van der Waals surface area contributed by atoms with Gasteiger partial charge in [0.25, 0.3) is 0 Å². The number of hydrogen-bond acceptors (Lipinski definition) is 2. The lowest BCUT2D eigenvalue weighted by Gasteiger charge is -2.20. The quantitative estimate of drug-likeness (QED) is 0.807. The van der Waals surface area contributed by atoms with Gasteiger partial charge in [0.15, 0.2) is 0 Å². The Morgan fingerprint density at radius 1 is 1.18 bits per heavy atom. The first-order valence-corrected chi connectivity index (χ1v) is 6.49. The van der Waals surface area contributed by atoms with Gasteiger partial charge in [-0.1, -0.05) is 24.3 Å². The van der Waals surface area contributed by atoms with Crippen LogP contribution in [0, 0.1) is 0 Å². The van der Waals surface area contributed by atoms with Crippen molar-refractivity contribution < 1.29 is 4.74 Å². The van der Waals surface area contributed by atoms with Gasteiger partial charge in [0.1, 0.15) is 0 Å². The molecule has 1 aliphatic carbocycles. The molecule has 0 amide bonds. The minimum absolute atomic E-state index is 0.0275. The molecule has 0 radical (unpaired) electrons. The minimum Gasteiger partial charge on any atom is -0.375 e. The fourth-order valence-electron chi connectivity index (χ4n) is 2.32. The van der Waals surface area contributed by atoms with Crippen LogP contribution in [0.4, 0.5) is 0 Å². The van der Waals surface area contributed by atoms with Gasteiger partial charge in [0.05, 0.1) is 12.2 Å². The average Bonchev–Trinajstić information content (AvgIpc) is 2.65. The van der Waals surface area contributed by atoms with E-state index in [0.717, 1.165) is 26.0 Å². The Labute approximate surface area is 104 Å². The topological polar surface area (TPSA) is 21.3 Å². The second-order valence-electron chi connectivity index (χ2n) is 5.79. The van der Waals surface area contributed by atoms with Crippen LogP contribution in [0.15, 0.2) is 24.3 Å². The zero-order valence-electron chi connectivity index (χ0n) is 11.1. The second kappa shape index (κ2) is 5.19. The summed E-state index contributed by atoms with van der Waals surface area (Å²) in [4.78, 5) is 0. The number of rotatable bonds is 4. The van der Waals surface area contributed by atoms with E-state index < -0.39 is 0 Å². The highest BCUT2D eigenvalue weighted by Crippen LogP contribution is 2.21. The summed E-state index contributed by atoms with van der Waals surface area (Å²) in [6.07, 6.45) is 2.32. The summed E-state index contributed by atoms with van der Waals surface area (Å²) in [5.41, 5.74) is 2.98. The standard InChI is InChI=1S/C15H23NO/c1-15(2,3)17-9-8-16-14-10-12-6-4-5-7-13(12)11-14/h4-7,14,16H,8-11H2,1-3H3. The summed E-state index contributed by atoms with van der Waals surface area (Å²) in [5.74, 6) is 0. The Morgan fingerprint density at radius 3 is 2.29 bits per heavy atom. The number of nitrogens with one attached hydrogen (secondary N) is 1. The summed E-state index contributed by atoms with van der Waals surface area (Å²) in [7, 11) is 0. The van der Waals surface area contributed by atoms with Crippen LogP contribution in [0.25, 0.3) is 0 Å². The largest absolute Gasteiger partial charge is 0.375 e. The van der Waals surface area contributed by atoms with Crippen molar-refractivity contribution in [2.75, 3.05) is 13.2 Å². The van der Waals surface area contributed by atoms with Gasteiger partial charge < -0.3 is 10.1 Å². The van der Waals surface area contributed by atoms with Crippen molar-refractivity contribution in [2.24, 2.45) is 0 Å². The van der Waals surface area contributed by atoms with Gasteiger partial charge in [-0.3, -0.25) is 0 Å². The zero-order chi connectivity index (χ0) is 12.3. The van der Waals surface area contributed by atoms with Gasteiger partial charge in [0.2, 0.25) is 0 Å². The lowest BCUT2D eigenvalue weighted by atomic mass is 10.1. The first kappa shape index (κ1) is 12.6. The van der Waals surface area contributed by atoms with E-state index in [1.807, 2.05) is 0 Å². The zero-order valence-corrected chi connectivity index (χ0v) is 11.1. The lowest BCUT2D eigenvalue weighted by Crippen LogP contribution is -2.34. The van der Waals surface area contributed by atoms with Crippen LogP contribution in [-0.4, -0.2) is 24.8 Å². The molecule has 0 atom stereocenters. The Morgan fingerprint density at radius 2 is 1.76 bits per heavy atom. The van der Waals surface area contributed by atoms with Gasteiger partial charge >= 0.3 is 0 Å². The molecule has 17 heavy (non-hydrogen) atoms. The highest BCUT2D eigenvalue weighted by molar-refractivity contribution is 5.33. The lowest BCUT2D eigenvalue weighted by molar-refractivity contribution is -0.00154. The smallest absolute Gasteiger partial charge is 0.0599 e. The molecule has 0 aromatic heterocycles. The predicted molar refractivity (Wildman–Crippen MR) is 71.3 cm³/mol. The van der Waals surface area contributed by atoms with E-state index in [-0.39, 0.29) is 5.60 Å². The summed E-state index contributed by atoms with van der Waals surface area (Å²) in [5, 5.41) is 3.58. The molecule has 0 heterocycles. The summed E-state index contributed by atoms with van der Waals surface area (Å²) in [6, 6.07) is 9.33. The van der Waals surface area contributed by atoms with Crippen LogP contribution in [0.2, 0.25) is 0 Å². The Balaban J connectivity index is 1.70. The van der Waals surface area contributed by atoms with Crippen LogP contribution < -0.4 is 5.32 Å². The number of ether oxygens (including phenoxy) is 1. The van der Waals surface area contributed by atoms with Crippen molar-refractivity contribution in [1.29, 1.82) is 0 Å². The van der Waals surface area contributed by atoms with E-state index >= 15 is 0 Å². The summed E-state index contributed by atoms with van der Waals surface area (Å²) in [6.45, 7) is 8.02. The molecule has 0 fully saturated rings. The van der Waals surface area contributed by atoms with Crippen molar-refractivity contribution in [3.05, 3.63) is 35.4 Å². The minimum atomic E-state index is -0.0275. The Bertz CT molecular complexity index is 342. The van der Waals surface area contributed by atoms with Crippen LogP contribution in [-0.2, 0) is 17.6 Å². The average molecular weight is 233 g/mol. The molecule has 0 saturated carbocycles. The molecule has 1 aromatic rings. The molecule has 2 nitrogen and oxygen atoms in total. The van der Waals surface area contributed by atoms with E-state index in [1.54, 1.807) is 0 Å². The van der Waals surface area contributed by atoms with Gasteiger partial charge in [-0.15, -0.1) is 0 Å². The number of fused-ring (bicyclic) bond motifs is 1. The predicted octanol–water partition coefficient (Wildman–Crippen LogP) is 2.56. The fraction of sp³-hybridized carbons (Fsp3) is 0.600. The van der Waals surface area contributed by atoms with Crippen LogP contribution in [0.5, 0.6) is 0 Å². The maximum atomic E-state index is 5.70. The molecular weight excluding hydrogens is 210 g/mol. The van der Waals surface area contributed by atoms with E-state index in [4.69, 9.17) is 4.74 Å². The maximum absolute atomic E-state index is 5.70. The van der Waals surface area contributed by atoms with Crippen molar-refractivity contribution in [3.8, 4) is 0 Å². The highest BCUT2D eigenvalue weighted by Gasteiger charge is 2.20. The molecular formula is C15H23NO.